The van der Waals surface area contributed by atoms with Crippen molar-refractivity contribution in [3.8, 4) is 0 Å². The summed E-state index contributed by atoms with van der Waals surface area (Å²) in [4.78, 5) is 2.31. The third kappa shape index (κ3) is 2.92. The van der Waals surface area contributed by atoms with Gasteiger partial charge in [-0.1, -0.05) is 29.8 Å². The molecule has 1 aliphatic rings. The topological polar surface area (TPSA) is 29.3 Å². The number of likely N-dealkylation sites (tertiary alicyclic amines) is 1. The van der Waals surface area contributed by atoms with Crippen molar-refractivity contribution in [1.82, 2.24) is 4.90 Å². The summed E-state index contributed by atoms with van der Waals surface area (Å²) in [6, 6.07) is 5.13. The predicted molar refractivity (Wildman–Crippen MR) is 75.8 cm³/mol. The molecule has 2 atom stereocenters. The smallest absolute Gasteiger partial charge is 0.128 e. The lowest BCUT2D eigenvalue weighted by Crippen LogP contribution is -2.34. The molecule has 0 spiro atoms. The van der Waals surface area contributed by atoms with Gasteiger partial charge in [0.2, 0.25) is 0 Å². The maximum absolute atomic E-state index is 14.0. The van der Waals surface area contributed by atoms with Crippen LogP contribution in [0, 0.1) is 11.7 Å². The number of halogens is 2. The molecule has 4 heteroatoms. The van der Waals surface area contributed by atoms with Crippen LogP contribution < -0.4 is 5.73 Å². The van der Waals surface area contributed by atoms with Crippen LogP contribution in [0.25, 0.3) is 0 Å². The average molecular weight is 315 g/mol. The van der Waals surface area contributed by atoms with Gasteiger partial charge >= 0.3 is 0 Å². The highest BCUT2D eigenvalue weighted by Gasteiger charge is 2.34. The lowest BCUT2D eigenvalue weighted by atomic mass is 9.99. The van der Waals surface area contributed by atoms with Gasteiger partial charge in [-0.3, -0.25) is 4.90 Å². The summed E-state index contributed by atoms with van der Waals surface area (Å²) < 4.78 is 14.9. The van der Waals surface area contributed by atoms with Gasteiger partial charge in [0.15, 0.2) is 0 Å². The predicted octanol–water partition coefficient (Wildman–Crippen LogP) is 3.32. The molecule has 2 rings (SSSR count). The zero-order valence-electron chi connectivity index (χ0n) is 10.9. The Hall–Kier alpha value is -0.450. The molecule has 1 fully saturated rings. The lowest BCUT2D eigenvalue weighted by Gasteiger charge is -2.29. The molecule has 0 aromatic heterocycles. The van der Waals surface area contributed by atoms with Crippen molar-refractivity contribution in [2.45, 2.75) is 32.4 Å². The van der Waals surface area contributed by atoms with E-state index in [1.807, 2.05) is 6.07 Å². The van der Waals surface area contributed by atoms with Crippen molar-refractivity contribution in [2.75, 3.05) is 13.1 Å². The molecule has 2 N–H and O–H groups in total. The molecule has 2 nitrogen and oxygen atoms in total. The fourth-order valence-corrected chi connectivity index (χ4v) is 3.10. The molecule has 0 aliphatic carbocycles. The summed E-state index contributed by atoms with van der Waals surface area (Å²) in [5.41, 5.74) is 6.89. The Labute approximate surface area is 116 Å². The van der Waals surface area contributed by atoms with E-state index in [1.165, 1.54) is 6.07 Å². The number of hydrogen-bond acceptors (Lipinski definition) is 2. The minimum Gasteiger partial charge on any atom is -0.326 e. The van der Waals surface area contributed by atoms with Crippen molar-refractivity contribution < 1.29 is 4.39 Å². The van der Waals surface area contributed by atoms with Gasteiger partial charge in [-0.15, -0.1) is 0 Å². The van der Waals surface area contributed by atoms with Crippen LogP contribution in [0.1, 0.15) is 31.9 Å². The highest BCUT2D eigenvalue weighted by molar-refractivity contribution is 9.10. The van der Waals surface area contributed by atoms with Crippen molar-refractivity contribution in [2.24, 2.45) is 11.7 Å². The zero-order valence-corrected chi connectivity index (χ0v) is 12.5. The average Bonchev–Trinajstić information content (AvgIpc) is 2.63. The van der Waals surface area contributed by atoms with Gasteiger partial charge in [0, 0.05) is 29.2 Å². The van der Waals surface area contributed by atoms with Crippen LogP contribution in [0.4, 0.5) is 4.39 Å². The molecule has 1 aromatic carbocycles. The van der Waals surface area contributed by atoms with Crippen molar-refractivity contribution in [1.29, 1.82) is 0 Å². The Bertz CT molecular complexity index is 422. The Morgan fingerprint density at radius 1 is 1.50 bits per heavy atom. The summed E-state index contributed by atoms with van der Waals surface area (Å²) >= 11 is 3.41. The maximum atomic E-state index is 14.0. The van der Waals surface area contributed by atoms with Gasteiger partial charge in [-0.2, -0.15) is 0 Å². The van der Waals surface area contributed by atoms with Gasteiger partial charge in [0.05, 0.1) is 6.04 Å². The number of nitrogens with zero attached hydrogens (tertiary/aromatic N) is 1. The summed E-state index contributed by atoms with van der Waals surface area (Å²) in [6.45, 7) is 6.27. The SMILES string of the molecule is CC(C)CN1CCC(N)C1c1cc(Br)ccc1F. The van der Waals surface area contributed by atoms with Crippen LogP contribution in [0.3, 0.4) is 0 Å². The lowest BCUT2D eigenvalue weighted by molar-refractivity contribution is 0.217. The van der Waals surface area contributed by atoms with Gasteiger partial charge in [0.1, 0.15) is 5.82 Å². The minimum atomic E-state index is -0.158. The zero-order chi connectivity index (χ0) is 13.3. The van der Waals surface area contributed by atoms with E-state index in [0.717, 1.165) is 29.5 Å². The number of rotatable bonds is 3. The fourth-order valence-electron chi connectivity index (χ4n) is 2.73. The van der Waals surface area contributed by atoms with E-state index in [2.05, 4.69) is 34.7 Å². The second-order valence-electron chi connectivity index (χ2n) is 5.45. The molecule has 1 heterocycles. The van der Waals surface area contributed by atoms with Gasteiger partial charge < -0.3 is 5.73 Å². The quantitative estimate of drug-likeness (QED) is 0.927. The van der Waals surface area contributed by atoms with Gasteiger partial charge in [-0.25, -0.2) is 4.39 Å². The van der Waals surface area contributed by atoms with E-state index in [0.29, 0.717) is 5.92 Å². The van der Waals surface area contributed by atoms with Gasteiger partial charge in [0.25, 0.3) is 0 Å². The molecule has 1 saturated heterocycles. The number of nitrogens with two attached hydrogens (primary N) is 1. The summed E-state index contributed by atoms with van der Waals surface area (Å²) in [5.74, 6) is 0.405. The van der Waals surface area contributed by atoms with E-state index in [9.17, 15) is 4.39 Å². The highest BCUT2D eigenvalue weighted by atomic mass is 79.9. The monoisotopic (exact) mass is 314 g/mol. The van der Waals surface area contributed by atoms with Crippen LogP contribution in [0.2, 0.25) is 0 Å². The Balaban J connectivity index is 2.30. The van der Waals surface area contributed by atoms with E-state index in [4.69, 9.17) is 5.73 Å². The first-order valence-corrected chi connectivity index (χ1v) is 7.23. The fraction of sp³-hybridized carbons (Fsp3) is 0.571. The van der Waals surface area contributed by atoms with Gasteiger partial charge in [-0.05, 0) is 30.5 Å². The third-order valence-electron chi connectivity index (χ3n) is 3.42. The molecule has 18 heavy (non-hydrogen) atoms. The first-order chi connectivity index (χ1) is 8.49. The Kier molecular flexibility index (Phi) is 4.41. The Morgan fingerprint density at radius 3 is 2.89 bits per heavy atom. The molecular formula is C14H20BrFN2. The number of benzene rings is 1. The van der Waals surface area contributed by atoms with Crippen molar-refractivity contribution in [3.05, 3.63) is 34.1 Å². The first-order valence-electron chi connectivity index (χ1n) is 6.43. The van der Waals surface area contributed by atoms with E-state index >= 15 is 0 Å². The largest absolute Gasteiger partial charge is 0.326 e. The highest BCUT2D eigenvalue weighted by Crippen LogP contribution is 2.34. The number of hydrogen-bond donors (Lipinski definition) is 1. The van der Waals surface area contributed by atoms with Crippen molar-refractivity contribution in [3.63, 3.8) is 0 Å². The molecule has 0 bridgehead atoms. The van der Waals surface area contributed by atoms with Crippen LogP contribution in [-0.4, -0.2) is 24.0 Å². The Morgan fingerprint density at radius 2 is 2.22 bits per heavy atom. The molecule has 100 valence electrons. The van der Waals surface area contributed by atoms with Crippen molar-refractivity contribution >= 4 is 15.9 Å². The molecular weight excluding hydrogens is 295 g/mol. The van der Waals surface area contributed by atoms with E-state index in [1.54, 1.807) is 6.07 Å². The minimum absolute atomic E-state index is 0.00454. The molecule has 0 saturated carbocycles. The van der Waals surface area contributed by atoms with E-state index in [-0.39, 0.29) is 17.9 Å². The molecule has 1 aromatic rings. The normalized spacial score (nSPS) is 25.0. The molecule has 1 aliphatic heterocycles. The molecule has 0 radical (unpaired) electrons. The van der Waals surface area contributed by atoms with E-state index < -0.39 is 0 Å². The molecule has 0 amide bonds. The standard InChI is InChI=1S/C14H20BrFN2/c1-9(2)8-18-6-5-13(17)14(18)11-7-10(15)3-4-12(11)16/h3-4,7,9,13-14H,5-6,8,17H2,1-2H3. The van der Waals surface area contributed by atoms with Crippen LogP contribution in [0.15, 0.2) is 22.7 Å². The van der Waals surface area contributed by atoms with Crippen LogP contribution >= 0.6 is 15.9 Å². The summed E-state index contributed by atoms with van der Waals surface area (Å²) in [6.07, 6.45) is 0.934. The second-order valence-corrected chi connectivity index (χ2v) is 6.37. The third-order valence-corrected chi connectivity index (χ3v) is 3.92. The molecule has 2 unspecified atom stereocenters. The summed E-state index contributed by atoms with van der Waals surface area (Å²) in [5, 5.41) is 0. The van der Waals surface area contributed by atoms with Crippen LogP contribution in [-0.2, 0) is 0 Å². The summed E-state index contributed by atoms with van der Waals surface area (Å²) in [7, 11) is 0. The second kappa shape index (κ2) is 5.68. The maximum Gasteiger partial charge on any atom is 0.128 e. The van der Waals surface area contributed by atoms with Crippen LogP contribution in [0.5, 0.6) is 0 Å². The first kappa shape index (κ1) is 14.0.